The summed E-state index contributed by atoms with van der Waals surface area (Å²) in [5, 5.41) is 14.9. The van der Waals surface area contributed by atoms with E-state index in [1.165, 1.54) is 0 Å². The summed E-state index contributed by atoms with van der Waals surface area (Å²) in [6.07, 6.45) is 4.22. The molecule has 2 N–H and O–H groups in total. The van der Waals surface area contributed by atoms with Crippen LogP contribution in [0.5, 0.6) is 0 Å². The summed E-state index contributed by atoms with van der Waals surface area (Å²) in [7, 11) is 1.77. The quantitative estimate of drug-likeness (QED) is 0.607. The van der Waals surface area contributed by atoms with Crippen molar-refractivity contribution in [1.29, 1.82) is 0 Å². The maximum atomic E-state index is 5.24. The van der Waals surface area contributed by atoms with Crippen LogP contribution in [0.1, 0.15) is 43.7 Å². The fourth-order valence-corrected chi connectivity index (χ4v) is 2.64. The molecule has 0 aromatic carbocycles. The second-order valence-electron chi connectivity index (χ2n) is 6.19. The van der Waals surface area contributed by atoms with Gasteiger partial charge in [0.1, 0.15) is 12.2 Å². The van der Waals surface area contributed by atoms with Crippen molar-refractivity contribution in [1.82, 2.24) is 35.5 Å². The van der Waals surface area contributed by atoms with Gasteiger partial charge < -0.3 is 15.2 Å². The van der Waals surface area contributed by atoms with Crippen molar-refractivity contribution in [2.24, 2.45) is 4.99 Å². The Kier molecular flexibility index (Phi) is 5.07. The monoisotopic (exact) mass is 332 g/mol. The lowest BCUT2D eigenvalue weighted by Crippen LogP contribution is -2.47. The molecule has 2 aromatic heterocycles. The number of nitrogens with zero attached hydrogens (tertiary/aromatic N) is 6. The molecule has 3 rings (SSSR count). The second kappa shape index (κ2) is 7.41. The Labute approximate surface area is 141 Å². The van der Waals surface area contributed by atoms with Gasteiger partial charge in [-0.15, -0.1) is 0 Å². The Balaban J connectivity index is 1.45. The summed E-state index contributed by atoms with van der Waals surface area (Å²) >= 11 is 0. The number of hydrogen-bond donors (Lipinski definition) is 2. The minimum absolute atomic E-state index is 0.276. The summed E-state index contributed by atoms with van der Waals surface area (Å²) in [6, 6.07) is 0.293. The largest absolute Gasteiger partial charge is 0.356 e. The second-order valence-corrected chi connectivity index (χ2v) is 6.19. The normalized spacial score (nSPS) is 17.8. The van der Waals surface area contributed by atoms with Crippen LogP contribution in [0.25, 0.3) is 0 Å². The zero-order valence-corrected chi connectivity index (χ0v) is 14.4. The number of aryl methyl sites for hydroxylation is 1. The molecule has 9 nitrogen and oxygen atoms in total. The van der Waals surface area contributed by atoms with E-state index >= 15 is 0 Å². The van der Waals surface area contributed by atoms with Gasteiger partial charge in [0.05, 0.1) is 6.54 Å². The minimum Gasteiger partial charge on any atom is -0.356 e. The van der Waals surface area contributed by atoms with E-state index < -0.39 is 0 Å². The predicted molar refractivity (Wildman–Crippen MR) is 88.7 cm³/mol. The molecule has 9 heteroatoms. The van der Waals surface area contributed by atoms with Crippen LogP contribution in [0, 0.1) is 0 Å². The van der Waals surface area contributed by atoms with E-state index in [0.717, 1.165) is 37.0 Å². The Morgan fingerprint density at radius 1 is 1.50 bits per heavy atom. The van der Waals surface area contributed by atoms with Crippen LogP contribution < -0.4 is 10.6 Å². The van der Waals surface area contributed by atoms with Gasteiger partial charge in [-0.3, -0.25) is 4.99 Å². The molecule has 3 heterocycles. The summed E-state index contributed by atoms with van der Waals surface area (Å²) in [5.41, 5.74) is 0. The number of hydrogen-bond acceptors (Lipinski definition) is 6. The number of guanidine groups is 1. The maximum Gasteiger partial charge on any atom is 0.228 e. The van der Waals surface area contributed by atoms with E-state index in [4.69, 9.17) is 4.52 Å². The lowest BCUT2D eigenvalue weighted by molar-refractivity contribution is 0.370. The van der Waals surface area contributed by atoms with E-state index in [9.17, 15) is 0 Å². The van der Waals surface area contributed by atoms with Crippen LogP contribution in [0.15, 0.2) is 15.8 Å². The molecule has 0 radical (unpaired) electrons. The number of aromatic nitrogens is 5. The van der Waals surface area contributed by atoms with Crippen LogP contribution >= 0.6 is 0 Å². The lowest BCUT2D eigenvalue weighted by atomic mass is 10.1. The fourth-order valence-electron chi connectivity index (χ4n) is 2.64. The van der Waals surface area contributed by atoms with Gasteiger partial charge in [-0.1, -0.05) is 19.0 Å². The molecule has 2 aromatic rings. The smallest absolute Gasteiger partial charge is 0.228 e. The molecular weight excluding hydrogens is 308 g/mol. The molecule has 0 bridgehead atoms. The Morgan fingerprint density at radius 3 is 3.12 bits per heavy atom. The number of aliphatic imine (C=N–C) groups is 1. The molecule has 1 aliphatic rings. The average Bonchev–Trinajstić information content (AvgIpc) is 3.22. The van der Waals surface area contributed by atoms with Crippen molar-refractivity contribution >= 4 is 5.96 Å². The van der Waals surface area contributed by atoms with Crippen molar-refractivity contribution in [3.63, 3.8) is 0 Å². The van der Waals surface area contributed by atoms with Crippen molar-refractivity contribution in [2.75, 3.05) is 13.6 Å². The first-order valence-electron chi connectivity index (χ1n) is 8.32. The molecule has 0 saturated heterocycles. The zero-order valence-electron chi connectivity index (χ0n) is 14.4. The summed E-state index contributed by atoms with van der Waals surface area (Å²) in [6.45, 7) is 5.57. The van der Waals surface area contributed by atoms with Crippen LogP contribution in [-0.4, -0.2) is 50.5 Å². The Morgan fingerprint density at radius 2 is 2.38 bits per heavy atom. The van der Waals surface area contributed by atoms with Crippen LogP contribution in [0.2, 0.25) is 0 Å². The fraction of sp³-hybridized carbons (Fsp3) is 0.667. The minimum atomic E-state index is 0.276. The first kappa shape index (κ1) is 16.4. The SMILES string of the molecule is CN=C(NCCc1nc(C(C)C)no1)NC1CCc2ncnn2C1. The van der Waals surface area contributed by atoms with Gasteiger partial charge >= 0.3 is 0 Å². The topological polar surface area (TPSA) is 106 Å². The molecule has 24 heavy (non-hydrogen) atoms. The first-order valence-corrected chi connectivity index (χ1v) is 8.32. The highest BCUT2D eigenvalue weighted by molar-refractivity contribution is 5.79. The molecule has 0 spiro atoms. The van der Waals surface area contributed by atoms with Gasteiger partial charge in [-0.2, -0.15) is 10.1 Å². The summed E-state index contributed by atoms with van der Waals surface area (Å²) in [4.78, 5) is 12.9. The van der Waals surface area contributed by atoms with Crippen LogP contribution in [-0.2, 0) is 19.4 Å². The van der Waals surface area contributed by atoms with Gasteiger partial charge in [0.25, 0.3) is 0 Å². The molecule has 0 aliphatic carbocycles. The molecular formula is C15H24N8O. The predicted octanol–water partition coefficient (Wildman–Crippen LogP) is 0.507. The standard InChI is InChI=1S/C15H24N8O/c1-10(2)14-21-13(24-22-14)6-7-17-15(16-3)20-11-4-5-12-18-9-19-23(12)8-11/h9-11H,4-8H2,1-3H3,(H2,16,17,20). The Bertz CT molecular complexity index is 689. The number of nitrogens with one attached hydrogen (secondary N) is 2. The third-order valence-corrected chi connectivity index (χ3v) is 4.00. The van der Waals surface area contributed by atoms with Gasteiger partial charge in [-0.05, 0) is 6.42 Å². The third-order valence-electron chi connectivity index (χ3n) is 4.00. The summed E-state index contributed by atoms with van der Waals surface area (Å²) in [5.74, 6) is 3.49. The maximum absolute atomic E-state index is 5.24. The van der Waals surface area contributed by atoms with Crippen molar-refractivity contribution in [3.05, 3.63) is 23.9 Å². The molecule has 1 atom stereocenters. The van der Waals surface area contributed by atoms with E-state index in [2.05, 4.69) is 35.8 Å². The first-order chi connectivity index (χ1) is 11.7. The highest BCUT2D eigenvalue weighted by Crippen LogP contribution is 2.11. The van der Waals surface area contributed by atoms with Crippen molar-refractivity contribution in [3.8, 4) is 0 Å². The number of fused-ring (bicyclic) bond motifs is 1. The zero-order chi connectivity index (χ0) is 16.9. The average molecular weight is 332 g/mol. The molecule has 0 saturated carbocycles. The van der Waals surface area contributed by atoms with Crippen molar-refractivity contribution < 1.29 is 4.52 Å². The van der Waals surface area contributed by atoms with Gasteiger partial charge in [0.15, 0.2) is 11.8 Å². The van der Waals surface area contributed by atoms with E-state index in [1.807, 2.05) is 18.5 Å². The van der Waals surface area contributed by atoms with Gasteiger partial charge in [-0.25, -0.2) is 9.67 Å². The molecule has 1 unspecified atom stereocenters. The molecule has 130 valence electrons. The van der Waals surface area contributed by atoms with E-state index in [1.54, 1.807) is 13.4 Å². The summed E-state index contributed by atoms with van der Waals surface area (Å²) < 4.78 is 7.19. The highest BCUT2D eigenvalue weighted by Gasteiger charge is 2.20. The molecule has 0 amide bonds. The van der Waals surface area contributed by atoms with Crippen LogP contribution in [0.3, 0.4) is 0 Å². The van der Waals surface area contributed by atoms with Crippen molar-refractivity contribution in [2.45, 2.75) is 51.6 Å². The molecule has 0 fully saturated rings. The highest BCUT2D eigenvalue weighted by atomic mass is 16.5. The third kappa shape index (κ3) is 3.90. The Hall–Kier alpha value is -2.45. The van der Waals surface area contributed by atoms with Crippen LogP contribution in [0.4, 0.5) is 0 Å². The number of rotatable bonds is 5. The molecule has 1 aliphatic heterocycles. The lowest BCUT2D eigenvalue weighted by Gasteiger charge is -2.25. The van der Waals surface area contributed by atoms with E-state index in [-0.39, 0.29) is 5.92 Å². The van der Waals surface area contributed by atoms with Gasteiger partial charge in [0, 0.05) is 38.4 Å². The van der Waals surface area contributed by atoms with Gasteiger partial charge in [0.2, 0.25) is 5.89 Å². The van der Waals surface area contributed by atoms with E-state index in [0.29, 0.717) is 24.9 Å².